The molecule has 1 aromatic rings. The summed E-state index contributed by atoms with van der Waals surface area (Å²) >= 11 is 0. The molecule has 0 aliphatic carbocycles. The molecule has 0 saturated carbocycles. The van der Waals surface area contributed by atoms with Crippen LogP contribution in [-0.4, -0.2) is 28.8 Å². The lowest BCUT2D eigenvalue weighted by Gasteiger charge is -2.35. The fourth-order valence-electron chi connectivity index (χ4n) is 2.24. The third-order valence-corrected chi connectivity index (χ3v) is 5.07. The molecular weight excluding hydrogens is 243 g/mol. The highest BCUT2D eigenvalue weighted by Gasteiger charge is 2.38. The average molecular weight is 258 g/mol. The maximum absolute atomic E-state index is 13.0. The number of aromatic hydroxyl groups is 1. The van der Waals surface area contributed by atoms with Crippen molar-refractivity contribution < 1.29 is 18.4 Å². The largest absolute Gasteiger partial charge is 0.505 e. The molecule has 0 radical (unpaired) electrons. The number of phenolic OH excluding ortho intramolecular Hbond substituents is 1. The quantitative estimate of drug-likeness (QED) is 0.881. The lowest BCUT2D eigenvalue weighted by Crippen LogP contribution is -2.37. The Morgan fingerprint density at radius 3 is 2.59 bits per heavy atom. The highest BCUT2D eigenvalue weighted by atomic mass is 32.2. The molecule has 0 aromatic heterocycles. The molecule has 17 heavy (non-hydrogen) atoms. The molecule has 1 saturated heterocycles. The molecule has 1 heterocycles. The molecule has 1 N–H and O–H groups in total. The van der Waals surface area contributed by atoms with Gasteiger partial charge in [-0.3, -0.25) is 4.21 Å². The summed E-state index contributed by atoms with van der Waals surface area (Å²) in [5.41, 5.74) is 0.723. The van der Waals surface area contributed by atoms with Crippen molar-refractivity contribution in [2.45, 2.75) is 17.6 Å². The summed E-state index contributed by atoms with van der Waals surface area (Å²) in [6.45, 7) is 1.08. The number of hydrogen-bond donors (Lipinski definition) is 1. The first-order chi connectivity index (χ1) is 8.06. The van der Waals surface area contributed by atoms with Crippen LogP contribution in [0.2, 0.25) is 0 Å². The zero-order valence-electron chi connectivity index (χ0n) is 9.61. The van der Waals surface area contributed by atoms with Gasteiger partial charge in [0.2, 0.25) is 0 Å². The predicted molar refractivity (Wildman–Crippen MR) is 63.9 cm³/mol. The molecular formula is C12H15FO3S. The molecule has 94 valence electrons. The average Bonchev–Trinajstić information content (AvgIpc) is 2.33. The Morgan fingerprint density at radius 2 is 2.06 bits per heavy atom. The van der Waals surface area contributed by atoms with E-state index >= 15 is 0 Å². The van der Waals surface area contributed by atoms with Crippen LogP contribution in [0.3, 0.4) is 0 Å². The predicted octanol–water partition coefficient (Wildman–Crippen LogP) is 1.92. The van der Waals surface area contributed by atoms with Crippen molar-refractivity contribution in [3.63, 3.8) is 0 Å². The second-order valence-corrected chi connectivity index (χ2v) is 5.92. The summed E-state index contributed by atoms with van der Waals surface area (Å²) in [4.78, 5) is 0. The molecule has 1 unspecified atom stereocenters. The zero-order valence-corrected chi connectivity index (χ0v) is 10.4. The van der Waals surface area contributed by atoms with Crippen LogP contribution in [0.15, 0.2) is 18.2 Å². The van der Waals surface area contributed by atoms with E-state index in [4.69, 9.17) is 4.74 Å². The summed E-state index contributed by atoms with van der Waals surface area (Å²) < 4.78 is 29.8. The van der Waals surface area contributed by atoms with Crippen molar-refractivity contribution in [1.29, 1.82) is 0 Å². The van der Waals surface area contributed by atoms with E-state index < -0.39 is 21.4 Å². The van der Waals surface area contributed by atoms with Gasteiger partial charge in [0.05, 0.1) is 4.75 Å². The Kier molecular flexibility index (Phi) is 3.49. The van der Waals surface area contributed by atoms with Crippen LogP contribution >= 0.6 is 0 Å². The van der Waals surface area contributed by atoms with Gasteiger partial charge in [-0.05, 0) is 30.5 Å². The van der Waals surface area contributed by atoms with Gasteiger partial charge in [-0.1, -0.05) is 6.07 Å². The lowest BCUT2D eigenvalue weighted by molar-refractivity contribution is 0.0755. The molecule has 0 amide bonds. The van der Waals surface area contributed by atoms with E-state index in [1.807, 2.05) is 0 Å². The van der Waals surface area contributed by atoms with Crippen molar-refractivity contribution in [3.8, 4) is 5.75 Å². The van der Waals surface area contributed by atoms with E-state index in [-0.39, 0.29) is 5.75 Å². The van der Waals surface area contributed by atoms with Crippen LogP contribution in [0.4, 0.5) is 4.39 Å². The fraction of sp³-hybridized carbons (Fsp3) is 0.500. The van der Waals surface area contributed by atoms with Gasteiger partial charge >= 0.3 is 0 Å². The molecule has 0 spiro atoms. The third kappa shape index (κ3) is 2.21. The van der Waals surface area contributed by atoms with E-state index in [2.05, 4.69) is 0 Å². The van der Waals surface area contributed by atoms with Crippen molar-refractivity contribution in [1.82, 2.24) is 0 Å². The summed E-state index contributed by atoms with van der Waals surface area (Å²) in [6, 6.07) is 4.19. The van der Waals surface area contributed by atoms with Gasteiger partial charge in [0.15, 0.2) is 11.6 Å². The number of rotatable bonds is 2. The van der Waals surface area contributed by atoms with Crippen LogP contribution < -0.4 is 0 Å². The van der Waals surface area contributed by atoms with Crippen LogP contribution in [-0.2, 0) is 20.3 Å². The molecule has 0 bridgehead atoms. The number of hydrogen-bond acceptors (Lipinski definition) is 3. The Bertz CT molecular complexity index is 441. The standard InChI is InChI=1S/C12H15FO3S/c1-17(15)12(4-6-16-7-5-12)9-2-3-10(13)11(14)8-9/h2-3,8,14H,4-7H2,1H3. The smallest absolute Gasteiger partial charge is 0.164 e. The Labute approximate surface area is 102 Å². The van der Waals surface area contributed by atoms with E-state index in [1.165, 1.54) is 12.1 Å². The normalized spacial score (nSPS) is 21.1. The molecule has 1 aromatic carbocycles. The Balaban J connectivity index is 2.45. The number of benzene rings is 1. The lowest BCUT2D eigenvalue weighted by atomic mass is 9.90. The van der Waals surface area contributed by atoms with Crippen molar-refractivity contribution in [2.75, 3.05) is 19.5 Å². The maximum Gasteiger partial charge on any atom is 0.164 e. The number of phenols is 1. The minimum absolute atomic E-state index is 0.390. The van der Waals surface area contributed by atoms with Crippen LogP contribution in [0.1, 0.15) is 18.4 Å². The molecule has 1 aliphatic heterocycles. The zero-order chi connectivity index (χ0) is 12.5. The highest BCUT2D eigenvalue weighted by molar-refractivity contribution is 7.85. The second kappa shape index (κ2) is 4.74. The van der Waals surface area contributed by atoms with Gasteiger partial charge < -0.3 is 9.84 Å². The number of halogens is 1. The molecule has 3 nitrogen and oxygen atoms in total. The minimum Gasteiger partial charge on any atom is -0.505 e. The summed E-state index contributed by atoms with van der Waals surface area (Å²) in [5, 5.41) is 9.42. The van der Waals surface area contributed by atoms with Gasteiger partial charge in [-0.2, -0.15) is 0 Å². The highest BCUT2D eigenvalue weighted by Crippen LogP contribution is 2.39. The Morgan fingerprint density at radius 1 is 1.41 bits per heavy atom. The second-order valence-electron chi connectivity index (χ2n) is 4.23. The first kappa shape index (κ1) is 12.5. The Hall–Kier alpha value is -0.940. The first-order valence-corrected chi connectivity index (χ1v) is 7.02. The van der Waals surface area contributed by atoms with Crippen molar-refractivity contribution >= 4 is 10.8 Å². The summed E-state index contributed by atoms with van der Waals surface area (Å²) in [6.07, 6.45) is 2.90. The SMILES string of the molecule is CS(=O)C1(c2ccc(F)c(O)c2)CCOCC1. The van der Waals surface area contributed by atoms with E-state index in [0.29, 0.717) is 26.1 Å². The van der Waals surface area contributed by atoms with Crippen LogP contribution in [0.5, 0.6) is 5.75 Å². The molecule has 5 heteroatoms. The number of ether oxygens (including phenoxy) is 1. The van der Waals surface area contributed by atoms with E-state index in [1.54, 1.807) is 12.3 Å². The van der Waals surface area contributed by atoms with Gasteiger partial charge in [0.1, 0.15) is 0 Å². The first-order valence-electron chi connectivity index (χ1n) is 5.46. The summed E-state index contributed by atoms with van der Waals surface area (Å²) in [5.74, 6) is -1.04. The minimum atomic E-state index is -1.09. The van der Waals surface area contributed by atoms with E-state index in [0.717, 1.165) is 5.56 Å². The molecule has 1 aliphatic rings. The van der Waals surface area contributed by atoms with Crippen LogP contribution in [0, 0.1) is 5.82 Å². The van der Waals surface area contributed by atoms with E-state index in [9.17, 15) is 13.7 Å². The molecule has 1 atom stereocenters. The van der Waals surface area contributed by atoms with Crippen molar-refractivity contribution in [2.24, 2.45) is 0 Å². The molecule has 2 rings (SSSR count). The maximum atomic E-state index is 13.0. The third-order valence-electron chi connectivity index (χ3n) is 3.32. The van der Waals surface area contributed by atoms with Gasteiger partial charge in [0, 0.05) is 30.3 Å². The van der Waals surface area contributed by atoms with Gasteiger partial charge in [-0.25, -0.2) is 4.39 Å². The summed E-state index contributed by atoms with van der Waals surface area (Å²) in [7, 11) is -1.09. The topological polar surface area (TPSA) is 46.5 Å². The van der Waals surface area contributed by atoms with Crippen molar-refractivity contribution in [3.05, 3.63) is 29.6 Å². The molecule has 1 fully saturated rings. The van der Waals surface area contributed by atoms with Gasteiger partial charge in [-0.15, -0.1) is 0 Å². The van der Waals surface area contributed by atoms with Gasteiger partial charge in [0.25, 0.3) is 0 Å². The van der Waals surface area contributed by atoms with Crippen LogP contribution in [0.25, 0.3) is 0 Å². The monoisotopic (exact) mass is 258 g/mol. The fourth-order valence-corrected chi connectivity index (χ4v) is 3.44.